The molecule has 3 rings (SSSR count). The van der Waals surface area contributed by atoms with Crippen LogP contribution in [0.15, 0.2) is 30.3 Å². The van der Waals surface area contributed by atoms with Crippen LogP contribution in [0.2, 0.25) is 4.34 Å². The van der Waals surface area contributed by atoms with Crippen LogP contribution in [0.3, 0.4) is 0 Å². The van der Waals surface area contributed by atoms with Crippen LogP contribution in [0.1, 0.15) is 22.0 Å². The predicted molar refractivity (Wildman–Crippen MR) is 87.0 cm³/mol. The number of nitrogens with zero attached hydrogens (tertiary/aromatic N) is 1. The zero-order chi connectivity index (χ0) is 17.3. The monoisotopic (exact) mass is 378 g/mol. The number of thiophene rings is 1. The minimum absolute atomic E-state index is 0.0326. The quantitative estimate of drug-likeness (QED) is 0.788. The van der Waals surface area contributed by atoms with Gasteiger partial charge in [0.05, 0.1) is 15.9 Å². The van der Waals surface area contributed by atoms with Gasteiger partial charge in [-0.3, -0.25) is 4.90 Å². The van der Waals surface area contributed by atoms with Crippen LogP contribution >= 0.6 is 22.9 Å². The molecule has 8 heteroatoms. The van der Waals surface area contributed by atoms with Crippen molar-refractivity contribution in [1.82, 2.24) is 10.2 Å². The molecule has 0 spiro atoms. The van der Waals surface area contributed by atoms with Crippen molar-refractivity contribution in [2.24, 2.45) is 0 Å². The van der Waals surface area contributed by atoms with Crippen molar-refractivity contribution in [2.75, 3.05) is 26.2 Å². The maximum absolute atomic E-state index is 14.4. The van der Waals surface area contributed by atoms with E-state index in [-0.39, 0.29) is 5.56 Å². The number of rotatable bonds is 3. The Balaban J connectivity index is 2.08. The fourth-order valence-corrected chi connectivity index (χ4v) is 4.09. The molecule has 1 aromatic carbocycles. The van der Waals surface area contributed by atoms with E-state index in [1.807, 2.05) is 4.90 Å². The van der Waals surface area contributed by atoms with E-state index in [1.54, 1.807) is 12.1 Å². The fraction of sp³-hybridized carbons (Fsp3) is 0.375. The third-order valence-electron chi connectivity index (χ3n) is 4.00. The number of piperazine rings is 1. The molecule has 2 nitrogen and oxygen atoms in total. The first-order valence-corrected chi connectivity index (χ1v) is 8.62. The summed E-state index contributed by atoms with van der Waals surface area (Å²) in [4.78, 5) is 2.72. The highest BCUT2D eigenvalue weighted by atomic mass is 35.5. The molecule has 1 aliphatic rings. The van der Waals surface area contributed by atoms with Crippen molar-refractivity contribution >= 4 is 22.9 Å². The highest BCUT2D eigenvalue weighted by Gasteiger charge is 2.34. The number of benzene rings is 1. The minimum Gasteiger partial charge on any atom is -0.314 e. The van der Waals surface area contributed by atoms with Crippen LogP contribution < -0.4 is 5.32 Å². The van der Waals surface area contributed by atoms with Gasteiger partial charge in [0.2, 0.25) is 0 Å². The summed E-state index contributed by atoms with van der Waals surface area (Å²) in [5.74, 6) is -0.643. The van der Waals surface area contributed by atoms with E-state index in [0.29, 0.717) is 30.5 Å². The summed E-state index contributed by atoms with van der Waals surface area (Å²) >= 11 is 7.25. The largest absolute Gasteiger partial charge is 0.416 e. The summed E-state index contributed by atoms with van der Waals surface area (Å²) in [6, 6.07) is 5.43. The summed E-state index contributed by atoms with van der Waals surface area (Å²) in [5.41, 5.74) is -0.813. The molecule has 0 bridgehead atoms. The Kier molecular flexibility index (Phi) is 5.15. The molecule has 1 fully saturated rings. The summed E-state index contributed by atoms with van der Waals surface area (Å²) in [6.45, 7) is 2.65. The van der Waals surface area contributed by atoms with Crippen molar-refractivity contribution in [3.8, 4) is 0 Å². The van der Waals surface area contributed by atoms with Gasteiger partial charge in [0.1, 0.15) is 5.82 Å². The lowest BCUT2D eigenvalue weighted by atomic mass is 9.99. The maximum atomic E-state index is 14.4. The molecule has 24 heavy (non-hydrogen) atoms. The molecule has 1 saturated heterocycles. The molecule has 1 N–H and O–H groups in total. The molecule has 2 aromatic rings. The van der Waals surface area contributed by atoms with Gasteiger partial charge in [0, 0.05) is 36.6 Å². The summed E-state index contributed by atoms with van der Waals surface area (Å²) in [6.07, 6.45) is -4.51. The third-order valence-corrected chi connectivity index (χ3v) is 5.28. The Morgan fingerprint density at radius 3 is 2.42 bits per heavy atom. The molecule has 0 radical (unpaired) electrons. The van der Waals surface area contributed by atoms with Crippen LogP contribution in [0.4, 0.5) is 17.6 Å². The Morgan fingerprint density at radius 1 is 1.12 bits per heavy atom. The van der Waals surface area contributed by atoms with Gasteiger partial charge < -0.3 is 5.32 Å². The summed E-state index contributed by atoms with van der Waals surface area (Å²) in [7, 11) is 0. The average molecular weight is 379 g/mol. The Labute approximate surface area is 146 Å². The fourth-order valence-electron chi connectivity index (χ4n) is 2.88. The van der Waals surface area contributed by atoms with E-state index in [4.69, 9.17) is 11.6 Å². The lowest BCUT2D eigenvalue weighted by Crippen LogP contribution is -2.45. The SMILES string of the molecule is Fc1ccc(C(F)(F)F)cc1[C@@H](c1ccc(Cl)s1)N1CCNCC1. The Bertz CT molecular complexity index is 710. The van der Waals surface area contributed by atoms with E-state index in [2.05, 4.69) is 5.32 Å². The maximum Gasteiger partial charge on any atom is 0.416 e. The minimum atomic E-state index is -4.51. The van der Waals surface area contributed by atoms with E-state index in [0.717, 1.165) is 23.1 Å². The molecular weight excluding hydrogens is 364 g/mol. The molecule has 2 heterocycles. The van der Waals surface area contributed by atoms with Gasteiger partial charge in [-0.15, -0.1) is 11.3 Å². The molecular formula is C16H15ClF4N2S. The molecule has 0 amide bonds. The van der Waals surface area contributed by atoms with Gasteiger partial charge in [0.15, 0.2) is 0 Å². The van der Waals surface area contributed by atoms with Crippen LogP contribution in [0.25, 0.3) is 0 Å². The molecule has 0 unspecified atom stereocenters. The first-order valence-electron chi connectivity index (χ1n) is 7.43. The van der Waals surface area contributed by atoms with Crippen LogP contribution in [0.5, 0.6) is 0 Å². The zero-order valence-corrected chi connectivity index (χ0v) is 14.1. The number of hydrogen-bond acceptors (Lipinski definition) is 3. The predicted octanol–water partition coefficient (Wildman–Crippen LogP) is 4.55. The standard InChI is InChI=1S/C16H15ClF4N2S/c17-14-4-3-13(24-14)15(23-7-5-22-6-8-23)11-9-10(16(19,20)21)1-2-12(11)18/h1-4,9,15,22H,5-8H2/t15-/m0/s1. The van der Waals surface area contributed by atoms with Crippen molar-refractivity contribution in [3.05, 3.63) is 56.5 Å². The van der Waals surface area contributed by atoms with Crippen LogP contribution in [-0.4, -0.2) is 31.1 Å². The Hall–Kier alpha value is -1.15. The van der Waals surface area contributed by atoms with Crippen molar-refractivity contribution in [1.29, 1.82) is 0 Å². The second-order valence-electron chi connectivity index (χ2n) is 5.56. The lowest BCUT2D eigenvalue weighted by Gasteiger charge is -2.35. The molecule has 0 saturated carbocycles. The molecule has 1 aliphatic heterocycles. The van der Waals surface area contributed by atoms with Crippen molar-refractivity contribution in [3.63, 3.8) is 0 Å². The molecule has 130 valence electrons. The topological polar surface area (TPSA) is 15.3 Å². The number of nitrogens with one attached hydrogen (secondary N) is 1. The molecule has 1 aromatic heterocycles. The van der Waals surface area contributed by atoms with Crippen molar-refractivity contribution < 1.29 is 17.6 Å². The van der Waals surface area contributed by atoms with Gasteiger partial charge in [-0.05, 0) is 30.3 Å². The average Bonchev–Trinajstić information content (AvgIpc) is 2.95. The number of hydrogen-bond donors (Lipinski definition) is 1. The van der Waals surface area contributed by atoms with Crippen molar-refractivity contribution in [2.45, 2.75) is 12.2 Å². The second-order valence-corrected chi connectivity index (χ2v) is 7.31. The third kappa shape index (κ3) is 3.74. The van der Waals surface area contributed by atoms with E-state index < -0.39 is 23.6 Å². The number of alkyl halides is 3. The highest BCUT2D eigenvalue weighted by Crippen LogP contribution is 2.39. The van der Waals surface area contributed by atoms with E-state index in [9.17, 15) is 17.6 Å². The van der Waals surface area contributed by atoms with Gasteiger partial charge >= 0.3 is 6.18 Å². The Morgan fingerprint density at radius 2 is 1.83 bits per heavy atom. The summed E-state index contributed by atoms with van der Waals surface area (Å²) in [5, 5.41) is 3.19. The van der Waals surface area contributed by atoms with Crippen LogP contribution in [-0.2, 0) is 6.18 Å². The lowest BCUT2D eigenvalue weighted by molar-refractivity contribution is -0.137. The van der Waals surface area contributed by atoms with Gasteiger partial charge in [0.25, 0.3) is 0 Å². The van der Waals surface area contributed by atoms with Crippen LogP contribution in [0, 0.1) is 5.82 Å². The van der Waals surface area contributed by atoms with E-state index >= 15 is 0 Å². The molecule has 1 atom stereocenters. The highest BCUT2D eigenvalue weighted by molar-refractivity contribution is 7.16. The number of halogens is 5. The first-order chi connectivity index (χ1) is 11.4. The molecule has 0 aliphatic carbocycles. The zero-order valence-electron chi connectivity index (χ0n) is 12.5. The van der Waals surface area contributed by atoms with Gasteiger partial charge in [-0.2, -0.15) is 13.2 Å². The smallest absolute Gasteiger partial charge is 0.314 e. The normalized spacial score (nSPS) is 17.9. The second kappa shape index (κ2) is 7.00. The van der Waals surface area contributed by atoms with Gasteiger partial charge in [-0.25, -0.2) is 4.39 Å². The van der Waals surface area contributed by atoms with E-state index in [1.165, 1.54) is 11.3 Å². The van der Waals surface area contributed by atoms with Gasteiger partial charge in [-0.1, -0.05) is 11.6 Å². The summed E-state index contributed by atoms with van der Waals surface area (Å²) < 4.78 is 54.1. The first kappa shape index (κ1) is 17.7.